The molecule has 2 atom stereocenters. The highest BCUT2D eigenvalue weighted by Crippen LogP contribution is 2.38. The van der Waals surface area contributed by atoms with Gasteiger partial charge in [0.1, 0.15) is 17.5 Å². The van der Waals surface area contributed by atoms with E-state index in [0.29, 0.717) is 11.3 Å². The number of imidazole rings is 1. The van der Waals surface area contributed by atoms with Gasteiger partial charge in [-0.15, -0.1) is 0 Å². The lowest BCUT2D eigenvalue weighted by molar-refractivity contribution is 0.0952. The summed E-state index contributed by atoms with van der Waals surface area (Å²) in [5.74, 6) is -0.667. The number of Topliss-reactive ketones (excluding diaryl/α,β-unsaturated/α-hetero) is 1. The van der Waals surface area contributed by atoms with Crippen LogP contribution in [0.2, 0.25) is 0 Å². The number of anilines is 1. The number of nitrogens with zero attached hydrogens (tertiary/aromatic N) is 2. The Hall–Kier alpha value is -2.69. The molecule has 1 fully saturated rings. The van der Waals surface area contributed by atoms with Crippen LogP contribution in [0.4, 0.5) is 10.2 Å². The molecule has 0 amide bonds. The van der Waals surface area contributed by atoms with E-state index in [1.807, 2.05) is 32.2 Å². The van der Waals surface area contributed by atoms with Gasteiger partial charge in [-0.1, -0.05) is 23.8 Å². The van der Waals surface area contributed by atoms with Crippen molar-refractivity contribution in [2.24, 2.45) is 5.92 Å². The van der Waals surface area contributed by atoms with E-state index < -0.39 is 12.1 Å². The van der Waals surface area contributed by atoms with Gasteiger partial charge in [-0.3, -0.25) is 9.20 Å². The molecule has 0 radical (unpaired) electrons. The highest BCUT2D eigenvalue weighted by Gasteiger charge is 2.45. The fraction of sp³-hybridized carbons (Fsp3) is 0.263. The number of nitrogen functional groups attached to an aromatic ring is 1. The number of pyridine rings is 1. The summed E-state index contributed by atoms with van der Waals surface area (Å²) in [6.07, 6.45) is 1.09. The van der Waals surface area contributed by atoms with E-state index in [4.69, 9.17) is 5.73 Å². The molecule has 122 valence electrons. The Morgan fingerprint density at radius 2 is 2.04 bits per heavy atom. The second kappa shape index (κ2) is 5.16. The zero-order chi connectivity index (χ0) is 17.0. The van der Waals surface area contributed by atoms with Crippen LogP contribution in [0.25, 0.3) is 16.8 Å². The summed E-state index contributed by atoms with van der Waals surface area (Å²) in [4.78, 5) is 16.7. The van der Waals surface area contributed by atoms with Crippen LogP contribution in [0.5, 0.6) is 0 Å². The number of hydrogen-bond donors (Lipinski definition) is 1. The van der Waals surface area contributed by atoms with Crippen molar-refractivity contribution in [3.05, 3.63) is 53.3 Å². The summed E-state index contributed by atoms with van der Waals surface area (Å²) in [6.45, 7) is 4.09. The Balaban J connectivity index is 1.88. The molecule has 2 aromatic heterocycles. The molecule has 1 aliphatic rings. The molecule has 1 aliphatic carbocycles. The maximum atomic E-state index is 13.3. The second-order valence-electron chi connectivity index (χ2n) is 6.53. The van der Waals surface area contributed by atoms with Gasteiger partial charge in [-0.05, 0) is 49.1 Å². The Labute approximate surface area is 139 Å². The minimum atomic E-state index is -1.05. The van der Waals surface area contributed by atoms with Gasteiger partial charge in [0.05, 0.1) is 5.92 Å². The van der Waals surface area contributed by atoms with Crippen molar-refractivity contribution in [2.75, 3.05) is 5.73 Å². The lowest BCUT2D eigenvalue weighted by Crippen LogP contribution is -2.10. The summed E-state index contributed by atoms with van der Waals surface area (Å²) in [5.41, 5.74) is 11.2. The molecular weight excluding hydrogens is 305 g/mol. The number of alkyl halides is 1. The molecule has 0 bridgehead atoms. The first-order chi connectivity index (χ1) is 11.5. The van der Waals surface area contributed by atoms with Crippen molar-refractivity contribution in [3.8, 4) is 11.1 Å². The molecule has 5 heteroatoms. The van der Waals surface area contributed by atoms with Gasteiger partial charge in [-0.2, -0.15) is 0 Å². The molecule has 4 rings (SSSR count). The number of rotatable bonds is 3. The number of nitrogens with two attached hydrogens (primary N) is 1. The fourth-order valence-corrected chi connectivity index (χ4v) is 3.12. The molecule has 4 nitrogen and oxygen atoms in total. The standard InChI is InChI=1S/C19H18FN3O/c1-10-3-4-11(2)13(7-10)12-5-6-16-22-19(21)17(23(16)9-12)18(24)14-8-15(14)20/h3-7,9,14-15H,8,21H2,1-2H3/t14-,15+/m1/s1. The van der Waals surface area contributed by atoms with E-state index in [1.54, 1.807) is 4.40 Å². The first kappa shape index (κ1) is 14.9. The predicted octanol–water partition coefficient (Wildman–Crippen LogP) is 3.74. The number of carbonyl (C=O) groups is 1. The predicted molar refractivity (Wildman–Crippen MR) is 91.8 cm³/mol. The van der Waals surface area contributed by atoms with Crippen molar-refractivity contribution in [3.63, 3.8) is 0 Å². The van der Waals surface area contributed by atoms with Gasteiger partial charge in [0.25, 0.3) is 0 Å². The molecular formula is C19H18FN3O. The molecule has 3 aromatic rings. The zero-order valence-corrected chi connectivity index (χ0v) is 13.6. The Bertz CT molecular complexity index is 976. The smallest absolute Gasteiger partial charge is 0.189 e. The average molecular weight is 323 g/mol. The van der Waals surface area contributed by atoms with E-state index >= 15 is 0 Å². The first-order valence-corrected chi connectivity index (χ1v) is 7.99. The monoisotopic (exact) mass is 323 g/mol. The number of fused-ring (bicyclic) bond motifs is 1. The van der Waals surface area contributed by atoms with E-state index in [9.17, 15) is 9.18 Å². The van der Waals surface area contributed by atoms with Crippen LogP contribution in [0, 0.1) is 19.8 Å². The molecule has 2 N–H and O–H groups in total. The lowest BCUT2D eigenvalue weighted by atomic mass is 10.00. The fourth-order valence-electron chi connectivity index (χ4n) is 3.12. The first-order valence-electron chi connectivity index (χ1n) is 7.99. The number of benzene rings is 1. The molecule has 0 spiro atoms. The molecule has 1 aromatic carbocycles. The Morgan fingerprint density at radius 1 is 1.29 bits per heavy atom. The molecule has 1 saturated carbocycles. The zero-order valence-electron chi connectivity index (χ0n) is 13.6. The van der Waals surface area contributed by atoms with Crippen LogP contribution in [0.15, 0.2) is 36.5 Å². The van der Waals surface area contributed by atoms with Crippen LogP contribution in [-0.4, -0.2) is 21.3 Å². The lowest BCUT2D eigenvalue weighted by Gasteiger charge is -2.09. The van der Waals surface area contributed by atoms with Crippen molar-refractivity contribution < 1.29 is 9.18 Å². The number of aromatic nitrogens is 2. The van der Waals surface area contributed by atoms with Gasteiger partial charge in [0, 0.05) is 6.20 Å². The van der Waals surface area contributed by atoms with Gasteiger partial charge < -0.3 is 5.73 Å². The van der Waals surface area contributed by atoms with Crippen molar-refractivity contribution in [1.82, 2.24) is 9.38 Å². The maximum absolute atomic E-state index is 13.3. The highest BCUT2D eigenvalue weighted by molar-refractivity contribution is 6.03. The average Bonchev–Trinajstić information content (AvgIpc) is 3.18. The minimum absolute atomic E-state index is 0.164. The molecule has 0 unspecified atom stereocenters. The van der Waals surface area contributed by atoms with Gasteiger partial charge in [-0.25, -0.2) is 9.37 Å². The third-order valence-corrected chi connectivity index (χ3v) is 4.63. The van der Waals surface area contributed by atoms with Crippen molar-refractivity contribution >= 4 is 17.2 Å². The number of halogens is 1. The van der Waals surface area contributed by atoms with E-state index in [2.05, 4.69) is 23.2 Å². The third kappa shape index (κ3) is 2.28. The molecule has 0 saturated heterocycles. The van der Waals surface area contributed by atoms with Crippen LogP contribution >= 0.6 is 0 Å². The number of aryl methyl sites for hydroxylation is 2. The van der Waals surface area contributed by atoms with Gasteiger partial charge in [0.15, 0.2) is 11.6 Å². The SMILES string of the molecule is Cc1ccc(C)c(-c2ccc3nc(N)c(C(=O)[C@@H]4C[C@@H]4F)n3c2)c1. The van der Waals surface area contributed by atoms with E-state index in [0.717, 1.165) is 22.3 Å². The van der Waals surface area contributed by atoms with Crippen LogP contribution in [0.1, 0.15) is 28.0 Å². The minimum Gasteiger partial charge on any atom is -0.382 e. The second-order valence-corrected chi connectivity index (χ2v) is 6.53. The Kier molecular flexibility index (Phi) is 3.20. The molecule has 2 heterocycles. The van der Waals surface area contributed by atoms with Gasteiger partial charge in [0.2, 0.25) is 0 Å². The van der Waals surface area contributed by atoms with Crippen molar-refractivity contribution in [1.29, 1.82) is 0 Å². The number of ketones is 1. The van der Waals surface area contributed by atoms with Crippen LogP contribution in [-0.2, 0) is 0 Å². The third-order valence-electron chi connectivity index (χ3n) is 4.63. The summed E-state index contributed by atoms with van der Waals surface area (Å²) >= 11 is 0. The van der Waals surface area contributed by atoms with Crippen LogP contribution in [0.3, 0.4) is 0 Å². The number of carbonyl (C=O) groups excluding carboxylic acids is 1. The number of hydrogen-bond acceptors (Lipinski definition) is 3. The summed E-state index contributed by atoms with van der Waals surface area (Å²) in [7, 11) is 0. The van der Waals surface area contributed by atoms with E-state index in [1.165, 1.54) is 0 Å². The molecule has 24 heavy (non-hydrogen) atoms. The maximum Gasteiger partial charge on any atom is 0.189 e. The topological polar surface area (TPSA) is 60.4 Å². The highest BCUT2D eigenvalue weighted by atomic mass is 19.1. The summed E-state index contributed by atoms with van der Waals surface area (Å²) in [6, 6.07) is 10.0. The van der Waals surface area contributed by atoms with Crippen molar-refractivity contribution in [2.45, 2.75) is 26.4 Å². The van der Waals surface area contributed by atoms with Gasteiger partial charge >= 0.3 is 0 Å². The summed E-state index contributed by atoms with van der Waals surface area (Å²) in [5, 5.41) is 0. The van der Waals surface area contributed by atoms with Crippen LogP contribution < -0.4 is 5.73 Å². The van der Waals surface area contributed by atoms with E-state index in [-0.39, 0.29) is 18.0 Å². The Morgan fingerprint density at radius 3 is 2.75 bits per heavy atom. The quantitative estimate of drug-likeness (QED) is 0.747. The normalized spacial score (nSPS) is 19.6. The summed E-state index contributed by atoms with van der Waals surface area (Å²) < 4.78 is 15.0. The molecule has 0 aliphatic heterocycles. The largest absolute Gasteiger partial charge is 0.382 e.